The van der Waals surface area contributed by atoms with Crippen molar-refractivity contribution in [3.63, 3.8) is 0 Å². The van der Waals surface area contributed by atoms with Gasteiger partial charge in [0.1, 0.15) is 15.9 Å². The van der Waals surface area contributed by atoms with E-state index in [4.69, 9.17) is 15.7 Å². The van der Waals surface area contributed by atoms with E-state index >= 15 is 0 Å². The fraction of sp³-hybridized carbons (Fsp3) is 0.455. The minimum atomic E-state index is -0.302. The predicted octanol–water partition coefficient (Wildman–Crippen LogP) is 1.01. The van der Waals surface area contributed by atoms with E-state index in [-0.39, 0.29) is 11.6 Å². The Kier molecular flexibility index (Phi) is 5.42. The van der Waals surface area contributed by atoms with Crippen molar-refractivity contribution in [2.24, 2.45) is 0 Å². The number of hydrogen-bond acceptors (Lipinski definition) is 6. The summed E-state index contributed by atoms with van der Waals surface area (Å²) in [7, 11) is 1.52. The molecule has 1 aromatic heterocycles. The van der Waals surface area contributed by atoms with Crippen molar-refractivity contribution in [3.8, 4) is 6.07 Å². The highest BCUT2D eigenvalue weighted by molar-refractivity contribution is 7.17. The van der Waals surface area contributed by atoms with Gasteiger partial charge < -0.3 is 21.1 Å². The SMILES string of the molecule is CCOCCNc1sc(C#N)c(N)c1C(=O)NC. The van der Waals surface area contributed by atoms with Crippen LogP contribution < -0.4 is 16.4 Å². The number of nitriles is 1. The van der Waals surface area contributed by atoms with E-state index in [0.29, 0.717) is 35.2 Å². The first-order valence-corrected chi connectivity index (χ1v) is 6.33. The van der Waals surface area contributed by atoms with E-state index in [1.807, 2.05) is 13.0 Å². The molecule has 0 aliphatic rings. The Labute approximate surface area is 110 Å². The third-order valence-corrected chi connectivity index (χ3v) is 3.30. The van der Waals surface area contributed by atoms with Crippen LogP contribution in [-0.4, -0.2) is 32.7 Å². The number of rotatable bonds is 6. The summed E-state index contributed by atoms with van der Waals surface area (Å²) < 4.78 is 5.19. The summed E-state index contributed by atoms with van der Waals surface area (Å²) in [6.07, 6.45) is 0. The van der Waals surface area contributed by atoms with Crippen molar-refractivity contribution in [2.45, 2.75) is 6.92 Å². The zero-order chi connectivity index (χ0) is 13.5. The molecule has 0 aliphatic heterocycles. The third kappa shape index (κ3) is 3.12. The lowest BCUT2D eigenvalue weighted by Gasteiger charge is -2.07. The minimum Gasteiger partial charge on any atom is -0.396 e. The number of nitrogens with one attached hydrogen (secondary N) is 2. The molecule has 6 nitrogen and oxygen atoms in total. The minimum absolute atomic E-state index is 0.223. The first-order valence-electron chi connectivity index (χ1n) is 5.51. The van der Waals surface area contributed by atoms with Crippen LogP contribution in [0, 0.1) is 11.3 Å². The Bertz CT molecular complexity index is 464. The van der Waals surface area contributed by atoms with E-state index < -0.39 is 0 Å². The van der Waals surface area contributed by atoms with Gasteiger partial charge in [-0.05, 0) is 6.92 Å². The number of thiophene rings is 1. The average Bonchev–Trinajstić information content (AvgIpc) is 2.70. The van der Waals surface area contributed by atoms with Crippen LogP contribution in [0.15, 0.2) is 0 Å². The van der Waals surface area contributed by atoms with Crippen molar-refractivity contribution in [1.82, 2.24) is 5.32 Å². The Morgan fingerprint density at radius 2 is 2.33 bits per heavy atom. The maximum Gasteiger partial charge on any atom is 0.256 e. The van der Waals surface area contributed by atoms with Gasteiger partial charge in [-0.1, -0.05) is 0 Å². The molecule has 0 fully saturated rings. The third-order valence-electron chi connectivity index (χ3n) is 2.24. The molecular formula is C11H16N4O2S. The zero-order valence-corrected chi connectivity index (χ0v) is 11.2. The molecule has 0 unspecified atom stereocenters. The molecule has 1 rings (SSSR count). The van der Waals surface area contributed by atoms with Crippen molar-refractivity contribution >= 4 is 27.9 Å². The number of nitrogens with two attached hydrogens (primary N) is 1. The summed E-state index contributed by atoms with van der Waals surface area (Å²) in [5, 5.41) is 15.1. The molecule has 0 saturated carbocycles. The fourth-order valence-corrected chi connectivity index (χ4v) is 2.32. The highest BCUT2D eigenvalue weighted by atomic mass is 32.1. The number of ether oxygens (including phenoxy) is 1. The number of carbonyl (C=O) groups excluding carboxylic acids is 1. The van der Waals surface area contributed by atoms with Gasteiger partial charge in [0.15, 0.2) is 0 Å². The molecule has 0 radical (unpaired) electrons. The molecule has 1 heterocycles. The van der Waals surface area contributed by atoms with Crippen LogP contribution >= 0.6 is 11.3 Å². The topological polar surface area (TPSA) is 100 Å². The molecular weight excluding hydrogens is 252 g/mol. The highest BCUT2D eigenvalue weighted by Gasteiger charge is 2.20. The molecule has 0 aromatic carbocycles. The van der Waals surface area contributed by atoms with Gasteiger partial charge in [0.25, 0.3) is 5.91 Å². The quantitative estimate of drug-likeness (QED) is 0.668. The van der Waals surface area contributed by atoms with Crippen molar-refractivity contribution < 1.29 is 9.53 Å². The smallest absolute Gasteiger partial charge is 0.256 e. The number of nitrogen functional groups attached to an aromatic ring is 1. The Morgan fingerprint density at radius 3 is 2.89 bits per heavy atom. The summed E-state index contributed by atoms with van der Waals surface area (Å²) in [4.78, 5) is 12.0. The van der Waals surface area contributed by atoms with Gasteiger partial charge in [0.2, 0.25) is 0 Å². The number of anilines is 2. The van der Waals surface area contributed by atoms with Crippen LogP contribution in [0.25, 0.3) is 0 Å². The highest BCUT2D eigenvalue weighted by Crippen LogP contribution is 2.34. The lowest BCUT2D eigenvalue weighted by molar-refractivity contribution is 0.0965. The first kappa shape index (κ1) is 14.3. The molecule has 18 heavy (non-hydrogen) atoms. The normalized spacial score (nSPS) is 9.83. The van der Waals surface area contributed by atoms with E-state index in [1.165, 1.54) is 18.4 Å². The summed E-state index contributed by atoms with van der Waals surface area (Å²) in [5.41, 5.74) is 6.33. The van der Waals surface area contributed by atoms with Gasteiger partial charge in [0.05, 0.1) is 17.9 Å². The van der Waals surface area contributed by atoms with Crippen LogP contribution in [-0.2, 0) is 4.74 Å². The van der Waals surface area contributed by atoms with Gasteiger partial charge in [-0.25, -0.2) is 0 Å². The molecule has 0 atom stereocenters. The summed E-state index contributed by atoms with van der Waals surface area (Å²) in [5.74, 6) is -0.302. The first-order chi connectivity index (χ1) is 8.65. The van der Waals surface area contributed by atoms with Crippen molar-refractivity contribution in [1.29, 1.82) is 5.26 Å². The number of carbonyl (C=O) groups is 1. The number of hydrogen-bond donors (Lipinski definition) is 3. The standard InChI is InChI=1S/C11H16N4O2S/c1-3-17-5-4-15-11-8(10(16)14-2)9(13)7(6-12)18-11/h15H,3-5,13H2,1-2H3,(H,14,16). The molecule has 4 N–H and O–H groups in total. The molecule has 1 aromatic rings. The molecule has 0 spiro atoms. The summed E-state index contributed by atoms with van der Waals surface area (Å²) in [6.45, 7) is 3.64. The lowest BCUT2D eigenvalue weighted by atomic mass is 10.2. The largest absolute Gasteiger partial charge is 0.396 e. The van der Waals surface area contributed by atoms with E-state index in [0.717, 1.165) is 0 Å². The molecule has 0 bridgehead atoms. The number of nitrogens with zero attached hydrogens (tertiary/aromatic N) is 1. The second-order valence-electron chi connectivity index (χ2n) is 3.36. The van der Waals surface area contributed by atoms with Crippen molar-refractivity contribution in [2.75, 3.05) is 37.9 Å². The average molecular weight is 268 g/mol. The fourth-order valence-electron chi connectivity index (χ4n) is 1.38. The van der Waals surface area contributed by atoms with E-state index in [2.05, 4.69) is 10.6 Å². The van der Waals surface area contributed by atoms with Crippen LogP contribution in [0.2, 0.25) is 0 Å². The molecule has 7 heteroatoms. The second-order valence-corrected chi connectivity index (χ2v) is 4.38. The molecule has 0 aliphatic carbocycles. The monoisotopic (exact) mass is 268 g/mol. The maximum absolute atomic E-state index is 11.7. The van der Waals surface area contributed by atoms with Crippen LogP contribution in [0.4, 0.5) is 10.7 Å². The Hall–Kier alpha value is -1.78. The molecule has 0 saturated heterocycles. The van der Waals surface area contributed by atoms with Gasteiger partial charge in [-0.2, -0.15) is 5.26 Å². The van der Waals surface area contributed by atoms with Crippen LogP contribution in [0.1, 0.15) is 22.2 Å². The Morgan fingerprint density at radius 1 is 1.61 bits per heavy atom. The van der Waals surface area contributed by atoms with Gasteiger partial charge in [-0.15, -0.1) is 11.3 Å². The summed E-state index contributed by atoms with van der Waals surface area (Å²) in [6, 6.07) is 1.98. The van der Waals surface area contributed by atoms with Crippen LogP contribution in [0.5, 0.6) is 0 Å². The number of amides is 1. The van der Waals surface area contributed by atoms with Crippen molar-refractivity contribution in [3.05, 3.63) is 10.4 Å². The van der Waals surface area contributed by atoms with Gasteiger partial charge in [-0.3, -0.25) is 4.79 Å². The van der Waals surface area contributed by atoms with E-state index in [1.54, 1.807) is 0 Å². The zero-order valence-electron chi connectivity index (χ0n) is 10.4. The summed E-state index contributed by atoms with van der Waals surface area (Å²) >= 11 is 1.17. The molecule has 98 valence electrons. The Balaban J connectivity index is 2.89. The van der Waals surface area contributed by atoms with Crippen LogP contribution in [0.3, 0.4) is 0 Å². The maximum atomic E-state index is 11.7. The van der Waals surface area contributed by atoms with Gasteiger partial charge >= 0.3 is 0 Å². The predicted molar refractivity (Wildman–Crippen MR) is 71.8 cm³/mol. The lowest BCUT2D eigenvalue weighted by Crippen LogP contribution is -2.20. The molecule has 1 amide bonds. The second kappa shape index (κ2) is 6.83. The van der Waals surface area contributed by atoms with Gasteiger partial charge in [0, 0.05) is 20.2 Å². The van der Waals surface area contributed by atoms with E-state index in [9.17, 15) is 4.79 Å².